The van der Waals surface area contributed by atoms with E-state index in [0.29, 0.717) is 5.41 Å². The molecule has 0 spiro atoms. The zero-order valence-electron chi connectivity index (χ0n) is 14.8. The lowest BCUT2D eigenvalue weighted by atomic mass is 9.51. The second-order valence-corrected chi connectivity index (χ2v) is 9.70. The van der Waals surface area contributed by atoms with Crippen molar-refractivity contribution in [2.24, 2.45) is 40.9 Å². The molecule has 6 unspecified atom stereocenters. The van der Waals surface area contributed by atoms with E-state index in [-0.39, 0.29) is 0 Å². The van der Waals surface area contributed by atoms with Crippen molar-refractivity contribution in [3.05, 3.63) is 12.2 Å². The molecule has 6 atom stereocenters. The lowest BCUT2D eigenvalue weighted by Crippen LogP contribution is -2.45. The van der Waals surface area contributed by atoms with Gasteiger partial charge >= 0.3 is 0 Å². The Morgan fingerprint density at radius 2 is 2.00 bits per heavy atom. The molecule has 3 saturated carbocycles. The van der Waals surface area contributed by atoms with Gasteiger partial charge in [-0.3, -0.25) is 0 Å². The highest BCUT2D eigenvalue weighted by molar-refractivity contribution is 5.00. The van der Waals surface area contributed by atoms with Gasteiger partial charge in [0.15, 0.2) is 0 Å². The van der Waals surface area contributed by atoms with Crippen LogP contribution in [0.3, 0.4) is 0 Å². The van der Waals surface area contributed by atoms with Gasteiger partial charge in [-0.05, 0) is 92.8 Å². The third-order valence-electron chi connectivity index (χ3n) is 7.30. The van der Waals surface area contributed by atoms with E-state index < -0.39 is 0 Å². The Morgan fingerprint density at radius 1 is 1.24 bits per heavy atom. The summed E-state index contributed by atoms with van der Waals surface area (Å²) in [6, 6.07) is 0. The minimum Gasteiger partial charge on any atom is -0.100 e. The topological polar surface area (TPSA) is 0 Å². The van der Waals surface area contributed by atoms with Gasteiger partial charge < -0.3 is 0 Å². The van der Waals surface area contributed by atoms with Crippen molar-refractivity contribution in [1.82, 2.24) is 0 Å². The fourth-order valence-electron chi connectivity index (χ4n) is 5.82. The predicted octanol–water partition coefficient (Wildman–Crippen LogP) is 6.47. The lowest BCUT2D eigenvalue weighted by molar-refractivity contribution is -0.0432. The van der Waals surface area contributed by atoms with Crippen molar-refractivity contribution in [3.63, 3.8) is 0 Å². The molecule has 0 heterocycles. The summed E-state index contributed by atoms with van der Waals surface area (Å²) >= 11 is 0. The highest BCUT2D eigenvalue weighted by Gasteiger charge is 2.48. The Morgan fingerprint density at radius 3 is 2.57 bits per heavy atom. The van der Waals surface area contributed by atoms with Crippen LogP contribution in [0.1, 0.15) is 79.1 Å². The van der Waals surface area contributed by atoms with E-state index >= 15 is 0 Å². The minimum atomic E-state index is 0.619. The largest absolute Gasteiger partial charge is 0.100 e. The molecule has 0 aromatic heterocycles. The van der Waals surface area contributed by atoms with Crippen LogP contribution in [0.2, 0.25) is 0 Å². The molecule has 0 aromatic carbocycles. The molecule has 0 aliphatic heterocycles. The molecule has 3 fully saturated rings. The summed E-state index contributed by atoms with van der Waals surface area (Å²) in [6.45, 7) is 13.9. The molecule has 3 rings (SSSR count). The molecule has 21 heavy (non-hydrogen) atoms. The van der Waals surface area contributed by atoms with Crippen molar-refractivity contribution < 1.29 is 0 Å². The van der Waals surface area contributed by atoms with Gasteiger partial charge in [-0.25, -0.2) is 0 Å². The van der Waals surface area contributed by atoms with Gasteiger partial charge in [-0.15, -0.1) is 6.58 Å². The van der Waals surface area contributed by atoms with E-state index in [2.05, 4.69) is 34.3 Å². The Hall–Kier alpha value is -0.260. The second kappa shape index (κ2) is 5.74. The summed E-state index contributed by atoms with van der Waals surface area (Å²) < 4.78 is 0. The summed E-state index contributed by atoms with van der Waals surface area (Å²) in [5, 5.41) is 0. The average molecular weight is 289 g/mol. The van der Waals surface area contributed by atoms with Gasteiger partial charge in [0, 0.05) is 0 Å². The zero-order chi connectivity index (χ0) is 15.2. The number of hydrogen-bond acceptors (Lipinski definition) is 0. The van der Waals surface area contributed by atoms with E-state index in [1.807, 2.05) is 0 Å². The maximum atomic E-state index is 4.22. The molecule has 0 N–H and O–H groups in total. The molecule has 0 bridgehead atoms. The van der Waals surface area contributed by atoms with Crippen LogP contribution in [0.25, 0.3) is 0 Å². The van der Waals surface area contributed by atoms with Crippen LogP contribution in [-0.2, 0) is 0 Å². The van der Waals surface area contributed by atoms with Crippen LogP contribution in [0.5, 0.6) is 0 Å². The first-order valence-electron chi connectivity index (χ1n) is 9.50. The third-order valence-corrected chi connectivity index (χ3v) is 7.30. The van der Waals surface area contributed by atoms with Gasteiger partial charge in [0.25, 0.3) is 0 Å². The van der Waals surface area contributed by atoms with Crippen molar-refractivity contribution >= 4 is 0 Å². The monoisotopic (exact) mass is 288 g/mol. The molecule has 0 amide bonds. The van der Waals surface area contributed by atoms with Crippen LogP contribution in [-0.4, -0.2) is 0 Å². The van der Waals surface area contributed by atoms with Gasteiger partial charge in [0.1, 0.15) is 0 Å². The smallest absolute Gasteiger partial charge is 0.0294 e. The molecule has 120 valence electrons. The molecule has 0 saturated heterocycles. The highest BCUT2D eigenvalue weighted by atomic mass is 14.5. The Bertz CT molecular complexity index is 391. The van der Waals surface area contributed by atoms with Gasteiger partial charge in [-0.2, -0.15) is 0 Å². The number of hydrogen-bond donors (Lipinski definition) is 0. The quantitative estimate of drug-likeness (QED) is 0.509. The average Bonchev–Trinajstić information content (AvgIpc) is 2.36. The Kier molecular flexibility index (Phi) is 4.27. The Labute approximate surface area is 132 Å². The SMILES string of the molecule is C=C(C)CC(CC1CC2CCC(C)(C)CC21)C1CCC1C. The Balaban J connectivity index is 1.59. The normalized spacial score (nSPS) is 42.4. The summed E-state index contributed by atoms with van der Waals surface area (Å²) in [4.78, 5) is 0. The molecule has 0 nitrogen and oxygen atoms in total. The van der Waals surface area contributed by atoms with Gasteiger partial charge in [0.2, 0.25) is 0 Å². The summed E-state index contributed by atoms with van der Waals surface area (Å²) in [5.74, 6) is 6.14. The molecule has 0 aromatic rings. The molecule has 3 aliphatic carbocycles. The minimum absolute atomic E-state index is 0.619. The lowest BCUT2D eigenvalue weighted by Gasteiger charge is -2.54. The van der Waals surface area contributed by atoms with Crippen molar-refractivity contribution in [1.29, 1.82) is 0 Å². The first kappa shape index (κ1) is 15.6. The third kappa shape index (κ3) is 3.25. The number of allylic oxidation sites excluding steroid dienone is 1. The standard InChI is InChI=1S/C21H36/c1-14(2)10-17(19-7-6-15(19)3)12-18-11-16-8-9-21(4,5)13-20(16)18/h15-20H,1,6-13H2,2-5H3. The summed E-state index contributed by atoms with van der Waals surface area (Å²) in [5.41, 5.74) is 2.03. The first-order chi connectivity index (χ1) is 9.85. The number of rotatable bonds is 5. The van der Waals surface area contributed by atoms with Crippen molar-refractivity contribution in [3.8, 4) is 0 Å². The van der Waals surface area contributed by atoms with E-state index in [4.69, 9.17) is 0 Å². The van der Waals surface area contributed by atoms with Crippen molar-refractivity contribution in [2.75, 3.05) is 0 Å². The van der Waals surface area contributed by atoms with Gasteiger partial charge in [-0.1, -0.05) is 32.8 Å². The zero-order valence-corrected chi connectivity index (χ0v) is 14.8. The van der Waals surface area contributed by atoms with Crippen LogP contribution in [0, 0.1) is 40.9 Å². The number of fused-ring (bicyclic) bond motifs is 1. The van der Waals surface area contributed by atoms with Crippen LogP contribution >= 0.6 is 0 Å². The highest BCUT2D eigenvalue weighted by Crippen LogP contribution is 2.57. The molecular formula is C21H36. The van der Waals surface area contributed by atoms with Gasteiger partial charge in [0.05, 0.1) is 0 Å². The maximum Gasteiger partial charge on any atom is -0.0294 e. The van der Waals surface area contributed by atoms with Crippen LogP contribution < -0.4 is 0 Å². The van der Waals surface area contributed by atoms with E-state index in [1.165, 1.54) is 50.5 Å². The fraction of sp³-hybridized carbons (Fsp3) is 0.905. The van der Waals surface area contributed by atoms with E-state index in [0.717, 1.165) is 35.5 Å². The molecule has 3 aliphatic rings. The predicted molar refractivity (Wildman–Crippen MR) is 92.1 cm³/mol. The molecule has 0 radical (unpaired) electrons. The molecular weight excluding hydrogens is 252 g/mol. The van der Waals surface area contributed by atoms with E-state index in [1.54, 1.807) is 6.42 Å². The first-order valence-corrected chi connectivity index (χ1v) is 9.50. The van der Waals surface area contributed by atoms with Crippen LogP contribution in [0.4, 0.5) is 0 Å². The van der Waals surface area contributed by atoms with Crippen molar-refractivity contribution in [2.45, 2.75) is 79.1 Å². The van der Waals surface area contributed by atoms with Crippen LogP contribution in [0.15, 0.2) is 12.2 Å². The maximum absolute atomic E-state index is 4.22. The van der Waals surface area contributed by atoms with E-state index in [9.17, 15) is 0 Å². The summed E-state index contributed by atoms with van der Waals surface area (Å²) in [6.07, 6.45) is 11.8. The fourth-order valence-corrected chi connectivity index (χ4v) is 5.82. The summed E-state index contributed by atoms with van der Waals surface area (Å²) in [7, 11) is 0. The second-order valence-electron chi connectivity index (χ2n) is 9.70. The molecule has 0 heteroatoms.